The van der Waals surface area contributed by atoms with Gasteiger partial charge in [-0.15, -0.1) is 0 Å². The first-order valence-corrected chi connectivity index (χ1v) is 7.83. The van der Waals surface area contributed by atoms with Crippen molar-refractivity contribution in [1.29, 1.82) is 0 Å². The zero-order valence-electron chi connectivity index (χ0n) is 14.1. The van der Waals surface area contributed by atoms with Crippen molar-refractivity contribution in [2.24, 2.45) is 13.0 Å². The van der Waals surface area contributed by atoms with Crippen molar-refractivity contribution in [2.45, 2.75) is 59.0 Å². The standard InChI is InChI=1S/C16H28N4O/c1-10(9-15-11(2)18-20(6)13(15)4)17-16(21)19(5)12(3)14-7-8-14/h10,12,14H,7-9H2,1-6H3,(H,17,21)/t10-,12+/m1/s1. The summed E-state index contributed by atoms with van der Waals surface area (Å²) in [5, 5.41) is 7.54. The number of aromatic nitrogens is 2. The number of nitrogens with zero attached hydrogens (tertiary/aromatic N) is 3. The molecule has 1 aliphatic rings. The van der Waals surface area contributed by atoms with Gasteiger partial charge in [-0.3, -0.25) is 4.68 Å². The Morgan fingerprint density at radius 3 is 2.52 bits per heavy atom. The average molecular weight is 292 g/mol. The minimum absolute atomic E-state index is 0.0288. The lowest BCUT2D eigenvalue weighted by Gasteiger charge is -2.27. The van der Waals surface area contributed by atoms with Crippen molar-refractivity contribution in [2.75, 3.05) is 7.05 Å². The van der Waals surface area contributed by atoms with Gasteiger partial charge in [-0.05, 0) is 58.4 Å². The normalized spacial score (nSPS) is 17.4. The van der Waals surface area contributed by atoms with Gasteiger partial charge >= 0.3 is 6.03 Å². The second-order valence-corrected chi connectivity index (χ2v) is 6.52. The van der Waals surface area contributed by atoms with Crippen molar-refractivity contribution >= 4 is 6.03 Å². The second-order valence-electron chi connectivity index (χ2n) is 6.52. The zero-order chi connectivity index (χ0) is 15.7. The Hall–Kier alpha value is -1.52. The molecule has 1 aliphatic carbocycles. The molecule has 0 aromatic carbocycles. The van der Waals surface area contributed by atoms with E-state index in [1.165, 1.54) is 24.1 Å². The number of carbonyl (C=O) groups excluding carboxylic acids is 1. The predicted octanol–water partition coefficient (Wildman–Crippen LogP) is 2.41. The number of amides is 2. The van der Waals surface area contributed by atoms with Gasteiger partial charge in [0.05, 0.1) is 5.69 Å². The Bertz CT molecular complexity index is 519. The summed E-state index contributed by atoms with van der Waals surface area (Å²) in [6, 6.07) is 0.466. The van der Waals surface area contributed by atoms with Gasteiger partial charge in [0, 0.05) is 31.9 Å². The van der Waals surface area contributed by atoms with Gasteiger partial charge in [0.25, 0.3) is 0 Å². The fourth-order valence-corrected chi connectivity index (χ4v) is 2.86. The fraction of sp³-hybridized carbons (Fsp3) is 0.750. The molecule has 2 amide bonds. The van der Waals surface area contributed by atoms with Crippen LogP contribution in [0.15, 0.2) is 0 Å². The third-order valence-corrected chi connectivity index (χ3v) is 4.77. The van der Waals surface area contributed by atoms with Gasteiger partial charge in [0.15, 0.2) is 0 Å². The summed E-state index contributed by atoms with van der Waals surface area (Å²) in [4.78, 5) is 14.1. The molecule has 1 heterocycles. The topological polar surface area (TPSA) is 50.2 Å². The van der Waals surface area contributed by atoms with E-state index in [0.717, 1.165) is 12.1 Å². The molecule has 5 nitrogen and oxygen atoms in total. The fourth-order valence-electron chi connectivity index (χ4n) is 2.86. The minimum atomic E-state index is 0.0288. The lowest BCUT2D eigenvalue weighted by atomic mass is 10.1. The molecule has 21 heavy (non-hydrogen) atoms. The Labute approximate surface area is 127 Å². The van der Waals surface area contributed by atoms with Crippen LogP contribution in [0.1, 0.15) is 43.6 Å². The monoisotopic (exact) mass is 292 g/mol. The highest BCUT2D eigenvalue weighted by molar-refractivity contribution is 5.74. The summed E-state index contributed by atoms with van der Waals surface area (Å²) in [6.45, 7) is 8.29. The molecule has 1 aromatic heterocycles. The number of urea groups is 1. The number of carbonyl (C=O) groups is 1. The Kier molecular flexibility index (Phi) is 4.59. The van der Waals surface area contributed by atoms with E-state index in [2.05, 4.69) is 31.2 Å². The van der Waals surface area contributed by atoms with Crippen LogP contribution in [0, 0.1) is 19.8 Å². The number of nitrogens with one attached hydrogen (secondary N) is 1. The van der Waals surface area contributed by atoms with Gasteiger partial charge in [0.2, 0.25) is 0 Å². The lowest BCUT2D eigenvalue weighted by molar-refractivity contribution is 0.184. The van der Waals surface area contributed by atoms with E-state index in [-0.39, 0.29) is 12.1 Å². The maximum atomic E-state index is 12.3. The van der Waals surface area contributed by atoms with E-state index in [0.29, 0.717) is 12.0 Å². The van der Waals surface area contributed by atoms with E-state index < -0.39 is 0 Å². The largest absolute Gasteiger partial charge is 0.335 e. The minimum Gasteiger partial charge on any atom is -0.335 e. The summed E-state index contributed by atoms with van der Waals surface area (Å²) in [6.07, 6.45) is 3.33. The molecule has 0 radical (unpaired) electrons. The zero-order valence-corrected chi connectivity index (χ0v) is 14.1. The summed E-state index contributed by atoms with van der Waals surface area (Å²) < 4.78 is 1.90. The van der Waals surface area contributed by atoms with Gasteiger partial charge < -0.3 is 10.2 Å². The molecule has 1 fully saturated rings. The van der Waals surface area contributed by atoms with Crippen LogP contribution in [0.4, 0.5) is 4.79 Å². The molecule has 1 N–H and O–H groups in total. The van der Waals surface area contributed by atoms with Crippen LogP contribution in [0.3, 0.4) is 0 Å². The SMILES string of the molecule is Cc1nn(C)c(C)c1C[C@@H](C)NC(=O)N(C)[C@@H](C)C1CC1. The lowest BCUT2D eigenvalue weighted by Crippen LogP contribution is -2.46. The van der Waals surface area contributed by atoms with E-state index in [1.807, 2.05) is 30.6 Å². The van der Waals surface area contributed by atoms with Crippen LogP contribution < -0.4 is 5.32 Å². The molecule has 0 unspecified atom stereocenters. The molecule has 1 saturated carbocycles. The third kappa shape index (κ3) is 3.57. The van der Waals surface area contributed by atoms with Crippen molar-refractivity contribution in [3.63, 3.8) is 0 Å². The molecule has 0 spiro atoms. The Morgan fingerprint density at radius 1 is 1.43 bits per heavy atom. The second kappa shape index (κ2) is 6.08. The molecule has 118 valence electrons. The molecule has 0 aliphatic heterocycles. The molecular weight excluding hydrogens is 264 g/mol. The number of rotatable bonds is 5. The number of hydrogen-bond donors (Lipinski definition) is 1. The van der Waals surface area contributed by atoms with E-state index in [4.69, 9.17) is 0 Å². The first-order valence-electron chi connectivity index (χ1n) is 7.83. The molecule has 5 heteroatoms. The Morgan fingerprint density at radius 2 is 2.05 bits per heavy atom. The van der Waals surface area contributed by atoms with Crippen LogP contribution in [0.2, 0.25) is 0 Å². The van der Waals surface area contributed by atoms with Gasteiger partial charge in [-0.1, -0.05) is 0 Å². The molecular formula is C16H28N4O. The first kappa shape index (κ1) is 15.9. The van der Waals surface area contributed by atoms with Gasteiger partial charge in [-0.2, -0.15) is 5.10 Å². The average Bonchev–Trinajstić information content (AvgIpc) is 3.23. The van der Waals surface area contributed by atoms with Crippen molar-refractivity contribution in [1.82, 2.24) is 20.0 Å². The quantitative estimate of drug-likeness (QED) is 0.906. The molecule has 2 rings (SSSR count). The summed E-state index contributed by atoms with van der Waals surface area (Å²) >= 11 is 0. The van der Waals surface area contributed by atoms with Crippen LogP contribution in [0.25, 0.3) is 0 Å². The van der Waals surface area contributed by atoms with Crippen molar-refractivity contribution < 1.29 is 4.79 Å². The van der Waals surface area contributed by atoms with Crippen LogP contribution in [0.5, 0.6) is 0 Å². The Balaban J connectivity index is 1.91. The van der Waals surface area contributed by atoms with Gasteiger partial charge in [0.1, 0.15) is 0 Å². The molecule has 0 saturated heterocycles. The predicted molar refractivity (Wildman–Crippen MR) is 84.3 cm³/mol. The molecule has 1 aromatic rings. The van der Waals surface area contributed by atoms with Gasteiger partial charge in [-0.25, -0.2) is 4.79 Å². The van der Waals surface area contributed by atoms with Crippen LogP contribution in [-0.2, 0) is 13.5 Å². The van der Waals surface area contributed by atoms with Crippen LogP contribution >= 0.6 is 0 Å². The number of aryl methyl sites for hydroxylation is 2. The maximum Gasteiger partial charge on any atom is 0.317 e. The molecule has 2 atom stereocenters. The summed E-state index contributed by atoms with van der Waals surface area (Å²) in [5.74, 6) is 0.693. The van der Waals surface area contributed by atoms with E-state index in [1.54, 1.807) is 0 Å². The highest BCUT2D eigenvalue weighted by Crippen LogP contribution is 2.34. The highest BCUT2D eigenvalue weighted by atomic mass is 16.2. The van der Waals surface area contributed by atoms with E-state index >= 15 is 0 Å². The van der Waals surface area contributed by atoms with Crippen molar-refractivity contribution in [3.8, 4) is 0 Å². The third-order valence-electron chi connectivity index (χ3n) is 4.77. The highest BCUT2D eigenvalue weighted by Gasteiger charge is 2.32. The van der Waals surface area contributed by atoms with E-state index in [9.17, 15) is 4.79 Å². The molecule has 0 bridgehead atoms. The number of hydrogen-bond acceptors (Lipinski definition) is 2. The van der Waals surface area contributed by atoms with Crippen molar-refractivity contribution in [3.05, 3.63) is 17.0 Å². The summed E-state index contributed by atoms with van der Waals surface area (Å²) in [5.41, 5.74) is 3.47. The summed E-state index contributed by atoms with van der Waals surface area (Å²) in [7, 11) is 3.85. The maximum absolute atomic E-state index is 12.3. The smallest absolute Gasteiger partial charge is 0.317 e. The first-order chi connectivity index (χ1) is 9.81. The van der Waals surface area contributed by atoms with Crippen LogP contribution in [-0.4, -0.2) is 39.8 Å².